The molecule has 0 radical (unpaired) electrons. The smallest absolute Gasteiger partial charge is 0.191 e. The monoisotopic (exact) mass is 369 g/mol. The number of hydrogen-bond acceptors (Lipinski definition) is 4. The van der Waals surface area contributed by atoms with Gasteiger partial charge in [-0.05, 0) is 50.6 Å². The summed E-state index contributed by atoms with van der Waals surface area (Å²) in [5, 5.41) is 6.60. The largest absolute Gasteiger partial charge is 0.489 e. The Bertz CT molecular complexity index is 745. The first-order chi connectivity index (χ1) is 13.0. The van der Waals surface area contributed by atoms with Crippen LogP contribution in [0.2, 0.25) is 0 Å². The van der Waals surface area contributed by atoms with E-state index in [-0.39, 0.29) is 6.10 Å². The third kappa shape index (κ3) is 7.17. The van der Waals surface area contributed by atoms with Crippen LogP contribution < -0.4 is 20.3 Å². The van der Waals surface area contributed by atoms with Crippen LogP contribution in [-0.2, 0) is 6.54 Å². The Morgan fingerprint density at radius 2 is 1.96 bits per heavy atom. The van der Waals surface area contributed by atoms with Gasteiger partial charge in [-0.1, -0.05) is 18.2 Å². The van der Waals surface area contributed by atoms with Gasteiger partial charge in [0.15, 0.2) is 5.96 Å². The van der Waals surface area contributed by atoms with Crippen LogP contribution in [0.1, 0.15) is 25.1 Å². The molecule has 27 heavy (non-hydrogen) atoms. The fourth-order valence-corrected chi connectivity index (χ4v) is 2.51. The summed E-state index contributed by atoms with van der Waals surface area (Å²) in [7, 11) is 3.97. The lowest BCUT2D eigenvalue weighted by Crippen LogP contribution is -2.41. The Kier molecular flexibility index (Phi) is 7.92. The summed E-state index contributed by atoms with van der Waals surface area (Å²) in [6.07, 6.45) is 0.0193. The SMILES string of the molecule is CCNC(=NCc1cccc(N(C)C)n1)NCC(C)Oc1cccc(C)c1. The average Bonchev–Trinajstić information content (AvgIpc) is 2.64. The second kappa shape index (κ2) is 10.4. The number of rotatable bonds is 8. The van der Waals surface area contributed by atoms with Gasteiger partial charge in [0.05, 0.1) is 18.8 Å². The van der Waals surface area contributed by atoms with E-state index in [0.717, 1.165) is 29.8 Å². The van der Waals surface area contributed by atoms with Crippen LogP contribution >= 0.6 is 0 Å². The number of benzene rings is 1. The zero-order valence-electron chi connectivity index (χ0n) is 17.0. The number of pyridine rings is 1. The van der Waals surface area contributed by atoms with E-state index in [1.807, 2.05) is 62.3 Å². The van der Waals surface area contributed by atoms with Crippen LogP contribution in [0, 0.1) is 6.92 Å². The van der Waals surface area contributed by atoms with Crippen molar-refractivity contribution in [1.29, 1.82) is 0 Å². The number of aryl methyl sites for hydroxylation is 1. The molecule has 2 aromatic rings. The summed E-state index contributed by atoms with van der Waals surface area (Å²) in [4.78, 5) is 11.2. The molecule has 0 aliphatic rings. The quantitative estimate of drug-likeness (QED) is 0.553. The summed E-state index contributed by atoms with van der Waals surface area (Å²) in [6, 6.07) is 14.1. The van der Waals surface area contributed by atoms with Gasteiger partial charge in [0.25, 0.3) is 0 Å². The normalized spacial score (nSPS) is 12.4. The maximum Gasteiger partial charge on any atom is 0.191 e. The van der Waals surface area contributed by atoms with Crippen LogP contribution in [0.3, 0.4) is 0 Å². The average molecular weight is 370 g/mol. The van der Waals surface area contributed by atoms with Crippen LogP contribution in [0.4, 0.5) is 5.82 Å². The first-order valence-corrected chi connectivity index (χ1v) is 9.36. The second-order valence-corrected chi connectivity index (χ2v) is 6.70. The molecule has 0 aliphatic heterocycles. The van der Waals surface area contributed by atoms with Crippen molar-refractivity contribution >= 4 is 11.8 Å². The molecule has 6 heteroatoms. The minimum Gasteiger partial charge on any atom is -0.489 e. The summed E-state index contributed by atoms with van der Waals surface area (Å²) in [5.74, 6) is 2.58. The van der Waals surface area contributed by atoms with Crippen molar-refractivity contribution in [3.05, 3.63) is 53.7 Å². The van der Waals surface area contributed by atoms with Crippen LogP contribution in [0.15, 0.2) is 47.5 Å². The van der Waals surface area contributed by atoms with Gasteiger partial charge in [0.1, 0.15) is 17.7 Å². The Morgan fingerprint density at radius 1 is 1.19 bits per heavy atom. The molecule has 0 saturated heterocycles. The Morgan fingerprint density at radius 3 is 2.67 bits per heavy atom. The van der Waals surface area contributed by atoms with Gasteiger partial charge in [-0.2, -0.15) is 0 Å². The van der Waals surface area contributed by atoms with Gasteiger partial charge in [0, 0.05) is 20.6 Å². The lowest BCUT2D eigenvalue weighted by atomic mass is 10.2. The van der Waals surface area contributed by atoms with Crippen molar-refractivity contribution in [3.8, 4) is 5.75 Å². The van der Waals surface area contributed by atoms with Gasteiger partial charge >= 0.3 is 0 Å². The number of guanidine groups is 1. The molecule has 0 amide bonds. The van der Waals surface area contributed by atoms with Crippen LogP contribution in [-0.4, -0.2) is 44.2 Å². The molecule has 1 atom stereocenters. The van der Waals surface area contributed by atoms with Gasteiger partial charge in [-0.15, -0.1) is 0 Å². The fourth-order valence-electron chi connectivity index (χ4n) is 2.51. The molecule has 0 fully saturated rings. The zero-order valence-corrected chi connectivity index (χ0v) is 17.0. The highest BCUT2D eigenvalue weighted by atomic mass is 16.5. The number of ether oxygens (including phenoxy) is 1. The van der Waals surface area contributed by atoms with E-state index in [1.165, 1.54) is 5.56 Å². The lowest BCUT2D eigenvalue weighted by molar-refractivity contribution is 0.223. The third-order valence-electron chi connectivity index (χ3n) is 3.88. The summed E-state index contributed by atoms with van der Waals surface area (Å²) in [5.41, 5.74) is 2.12. The molecule has 1 aromatic carbocycles. The number of nitrogens with one attached hydrogen (secondary N) is 2. The van der Waals surface area contributed by atoms with E-state index in [1.54, 1.807) is 0 Å². The van der Waals surface area contributed by atoms with Crippen molar-refractivity contribution in [2.24, 2.45) is 4.99 Å². The fraction of sp³-hybridized carbons (Fsp3) is 0.429. The minimum atomic E-state index is 0.0193. The first kappa shape index (κ1) is 20.6. The Hall–Kier alpha value is -2.76. The summed E-state index contributed by atoms with van der Waals surface area (Å²) >= 11 is 0. The van der Waals surface area contributed by atoms with Gasteiger partial charge in [0.2, 0.25) is 0 Å². The highest BCUT2D eigenvalue weighted by Gasteiger charge is 2.06. The Labute approximate surface area is 162 Å². The molecule has 1 heterocycles. The maximum atomic E-state index is 5.97. The predicted octanol–water partition coefficient (Wildman–Crippen LogP) is 2.98. The molecule has 0 saturated carbocycles. The number of nitrogens with zero attached hydrogens (tertiary/aromatic N) is 3. The molecule has 1 aromatic heterocycles. The van der Waals surface area contributed by atoms with Crippen molar-refractivity contribution in [1.82, 2.24) is 15.6 Å². The minimum absolute atomic E-state index is 0.0193. The molecule has 0 spiro atoms. The van der Waals surface area contributed by atoms with E-state index in [0.29, 0.717) is 13.1 Å². The van der Waals surface area contributed by atoms with Gasteiger partial charge in [-0.25, -0.2) is 9.98 Å². The second-order valence-electron chi connectivity index (χ2n) is 6.70. The molecule has 2 N–H and O–H groups in total. The topological polar surface area (TPSA) is 61.8 Å². The van der Waals surface area contributed by atoms with E-state index in [9.17, 15) is 0 Å². The van der Waals surface area contributed by atoms with Crippen LogP contribution in [0.25, 0.3) is 0 Å². The maximum absolute atomic E-state index is 5.97. The third-order valence-corrected chi connectivity index (χ3v) is 3.88. The van der Waals surface area contributed by atoms with E-state index < -0.39 is 0 Å². The zero-order chi connectivity index (χ0) is 19.6. The highest BCUT2D eigenvalue weighted by Crippen LogP contribution is 2.14. The number of hydrogen-bond donors (Lipinski definition) is 2. The molecule has 6 nitrogen and oxygen atoms in total. The van der Waals surface area contributed by atoms with Crippen molar-refractivity contribution in [3.63, 3.8) is 0 Å². The van der Waals surface area contributed by atoms with E-state index >= 15 is 0 Å². The van der Waals surface area contributed by atoms with Crippen LogP contribution in [0.5, 0.6) is 5.75 Å². The standard InChI is InChI=1S/C21H31N5O/c1-6-22-21(24-15-18-10-8-12-20(25-18)26(4)5)23-14-17(3)27-19-11-7-9-16(2)13-19/h7-13,17H,6,14-15H2,1-5H3,(H2,22,23,24). The predicted molar refractivity (Wildman–Crippen MR) is 113 cm³/mol. The number of aromatic nitrogens is 1. The molecule has 1 unspecified atom stereocenters. The number of aliphatic imine (C=N–C) groups is 1. The van der Waals surface area contributed by atoms with E-state index in [2.05, 4.69) is 40.5 Å². The lowest BCUT2D eigenvalue weighted by Gasteiger charge is -2.18. The Balaban J connectivity index is 1.92. The molecular formula is C21H31N5O. The molecular weight excluding hydrogens is 338 g/mol. The van der Waals surface area contributed by atoms with Crippen molar-refractivity contribution in [2.45, 2.75) is 33.4 Å². The van der Waals surface area contributed by atoms with Gasteiger partial charge < -0.3 is 20.3 Å². The molecule has 146 valence electrons. The molecule has 2 rings (SSSR count). The summed E-state index contributed by atoms with van der Waals surface area (Å²) in [6.45, 7) is 8.13. The highest BCUT2D eigenvalue weighted by molar-refractivity contribution is 5.79. The first-order valence-electron chi connectivity index (χ1n) is 9.36. The molecule has 0 aliphatic carbocycles. The summed E-state index contributed by atoms with van der Waals surface area (Å²) < 4.78 is 5.97. The number of anilines is 1. The molecule has 0 bridgehead atoms. The van der Waals surface area contributed by atoms with Crippen molar-refractivity contribution in [2.75, 3.05) is 32.1 Å². The van der Waals surface area contributed by atoms with Gasteiger partial charge in [-0.3, -0.25) is 0 Å². The van der Waals surface area contributed by atoms with E-state index in [4.69, 9.17) is 4.74 Å². The van der Waals surface area contributed by atoms with Crippen molar-refractivity contribution < 1.29 is 4.74 Å².